The van der Waals surface area contributed by atoms with Crippen molar-refractivity contribution < 1.29 is 17.9 Å². The average Bonchev–Trinajstić information content (AvgIpc) is 2.74. The highest BCUT2D eigenvalue weighted by molar-refractivity contribution is 7.92. The summed E-state index contributed by atoms with van der Waals surface area (Å²) in [7, 11) is -0.524. The maximum Gasteiger partial charge on any atom is 0.261 e. The van der Waals surface area contributed by atoms with Gasteiger partial charge in [0.05, 0.1) is 36.6 Å². The summed E-state index contributed by atoms with van der Waals surface area (Å²) >= 11 is 5.22. The molecule has 3 rings (SSSR count). The Balaban J connectivity index is 1.90. The number of morpholine rings is 1. The molecule has 10 heteroatoms. The molecule has 0 aliphatic carbocycles. The molecule has 0 aromatic heterocycles. The lowest BCUT2D eigenvalue weighted by molar-refractivity contribution is 0.123. The number of ether oxygens (including phenoxy) is 2. The molecule has 8 nitrogen and oxygen atoms in total. The molecule has 1 fully saturated rings. The van der Waals surface area contributed by atoms with Gasteiger partial charge in [0.2, 0.25) is 0 Å². The second kappa shape index (κ2) is 9.29. The lowest BCUT2D eigenvalue weighted by atomic mass is 10.2. The van der Waals surface area contributed by atoms with E-state index in [1.54, 1.807) is 56.6 Å². The summed E-state index contributed by atoms with van der Waals surface area (Å²) in [5, 5.41) is 6.33. The number of hydrogen-bond acceptors (Lipinski definition) is 6. The van der Waals surface area contributed by atoms with Gasteiger partial charge in [0.25, 0.3) is 10.0 Å². The van der Waals surface area contributed by atoms with Crippen LogP contribution in [0.5, 0.6) is 5.75 Å². The smallest absolute Gasteiger partial charge is 0.261 e. The molecule has 0 saturated carbocycles. The zero-order chi connectivity index (χ0) is 20.9. The number of nitrogens with one attached hydrogen (secondary N) is 3. The highest BCUT2D eigenvalue weighted by Gasteiger charge is 2.20. The van der Waals surface area contributed by atoms with Crippen molar-refractivity contribution >= 4 is 44.4 Å². The Labute approximate surface area is 176 Å². The highest BCUT2D eigenvalue weighted by atomic mass is 32.2. The Hall–Kier alpha value is -2.56. The lowest BCUT2D eigenvalue weighted by Gasteiger charge is -2.31. The number of anilines is 3. The van der Waals surface area contributed by atoms with Gasteiger partial charge in [-0.05, 0) is 54.7 Å². The third kappa shape index (κ3) is 5.28. The predicted molar refractivity (Wildman–Crippen MR) is 119 cm³/mol. The number of rotatable bonds is 6. The molecule has 2 aromatic carbocycles. The third-order valence-electron chi connectivity index (χ3n) is 4.45. The molecule has 0 radical (unpaired) electrons. The minimum absolute atomic E-state index is 0.131. The van der Waals surface area contributed by atoms with Gasteiger partial charge in [-0.25, -0.2) is 8.42 Å². The first kappa shape index (κ1) is 21.2. The Morgan fingerprint density at radius 1 is 1.14 bits per heavy atom. The molecule has 1 aliphatic heterocycles. The van der Waals surface area contributed by atoms with Gasteiger partial charge in [-0.3, -0.25) is 4.72 Å². The van der Waals surface area contributed by atoms with Crippen LogP contribution in [0, 0.1) is 0 Å². The number of hydrogen-bond donors (Lipinski definition) is 3. The van der Waals surface area contributed by atoms with E-state index < -0.39 is 10.0 Å². The average molecular weight is 437 g/mol. The second-order valence-electron chi connectivity index (χ2n) is 6.32. The van der Waals surface area contributed by atoms with Crippen molar-refractivity contribution in [1.82, 2.24) is 5.32 Å². The molecule has 0 amide bonds. The molecule has 1 aliphatic rings. The van der Waals surface area contributed by atoms with E-state index in [4.69, 9.17) is 21.7 Å². The van der Waals surface area contributed by atoms with Crippen LogP contribution in [0.1, 0.15) is 0 Å². The Morgan fingerprint density at radius 3 is 2.45 bits per heavy atom. The number of thiocarbonyl (C=S) groups is 1. The standard InChI is InChI=1S/C19H24N4O4S2/c1-20-19(28)21-17-13-16(7-8-18(17)23-9-11-27-12-10-23)29(24,25)22-14-3-5-15(26-2)6-4-14/h3-8,13,22H,9-12H2,1-2H3,(H2,20,21,28). The van der Waals surface area contributed by atoms with Crippen LogP contribution in [0.15, 0.2) is 47.4 Å². The van der Waals surface area contributed by atoms with Gasteiger partial charge < -0.3 is 25.0 Å². The van der Waals surface area contributed by atoms with E-state index in [2.05, 4.69) is 20.3 Å². The summed E-state index contributed by atoms with van der Waals surface area (Å²) in [5.74, 6) is 0.648. The lowest BCUT2D eigenvalue weighted by Crippen LogP contribution is -2.37. The second-order valence-corrected chi connectivity index (χ2v) is 8.41. The minimum atomic E-state index is -3.78. The molecule has 29 heavy (non-hydrogen) atoms. The molecule has 3 N–H and O–H groups in total. The van der Waals surface area contributed by atoms with Crippen LogP contribution >= 0.6 is 12.2 Å². The Kier molecular flexibility index (Phi) is 6.78. The van der Waals surface area contributed by atoms with Gasteiger partial charge in [-0.2, -0.15) is 0 Å². The van der Waals surface area contributed by atoms with E-state index in [9.17, 15) is 8.42 Å². The number of benzene rings is 2. The van der Waals surface area contributed by atoms with E-state index >= 15 is 0 Å². The van der Waals surface area contributed by atoms with Crippen molar-refractivity contribution in [3.05, 3.63) is 42.5 Å². The topological polar surface area (TPSA) is 91.9 Å². The van der Waals surface area contributed by atoms with Gasteiger partial charge in [-0.1, -0.05) is 0 Å². The SMILES string of the molecule is CNC(=S)Nc1cc(S(=O)(=O)Nc2ccc(OC)cc2)ccc1N1CCOCC1. The molecule has 0 unspecified atom stereocenters. The summed E-state index contributed by atoms with van der Waals surface area (Å²) in [6.07, 6.45) is 0. The van der Waals surface area contributed by atoms with E-state index in [1.807, 2.05) is 0 Å². The highest BCUT2D eigenvalue weighted by Crippen LogP contribution is 2.30. The molecule has 1 heterocycles. The van der Waals surface area contributed by atoms with Crippen molar-refractivity contribution in [2.75, 3.05) is 55.4 Å². The van der Waals surface area contributed by atoms with Crippen LogP contribution in [-0.2, 0) is 14.8 Å². The number of methoxy groups -OCH3 is 1. The van der Waals surface area contributed by atoms with E-state index in [0.29, 0.717) is 35.5 Å². The molecule has 156 valence electrons. The Morgan fingerprint density at radius 2 is 1.83 bits per heavy atom. The summed E-state index contributed by atoms with van der Waals surface area (Å²) < 4.78 is 38.9. The van der Waals surface area contributed by atoms with Crippen LogP contribution in [-0.4, -0.2) is 54.0 Å². The van der Waals surface area contributed by atoms with E-state index in [1.165, 1.54) is 0 Å². The van der Waals surface area contributed by atoms with Gasteiger partial charge in [0, 0.05) is 25.8 Å². The summed E-state index contributed by atoms with van der Waals surface area (Å²) in [4.78, 5) is 2.27. The zero-order valence-corrected chi connectivity index (χ0v) is 17.9. The molecule has 0 bridgehead atoms. The van der Waals surface area contributed by atoms with Crippen molar-refractivity contribution in [2.45, 2.75) is 4.90 Å². The van der Waals surface area contributed by atoms with E-state index in [-0.39, 0.29) is 4.90 Å². The molecular formula is C19H24N4O4S2. The van der Waals surface area contributed by atoms with Crippen LogP contribution in [0.3, 0.4) is 0 Å². The summed E-state index contributed by atoms with van der Waals surface area (Å²) in [5.41, 5.74) is 1.93. The molecule has 0 atom stereocenters. The van der Waals surface area contributed by atoms with Crippen LogP contribution in [0.4, 0.5) is 17.1 Å². The van der Waals surface area contributed by atoms with Gasteiger partial charge >= 0.3 is 0 Å². The van der Waals surface area contributed by atoms with Crippen LogP contribution in [0.25, 0.3) is 0 Å². The largest absolute Gasteiger partial charge is 0.497 e. The fourth-order valence-corrected chi connectivity index (χ4v) is 4.11. The molecular weight excluding hydrogens is 412 g/mol. The van der Waals surface area contributed by atoms with Gasteiger partial charge in [0.1, 0.15) is 5.75 Å². The molecule has 2 aromatic rings. The van der Waals surface area contributed by atoms with Crippen LogP contribution < -0.4 is 25.0 Å². The predicted octanol–water partition coefficient (Wildman–Crippen LogP) is 2.25. The number of sulfonamides is 1. The normalized spacial score (nSPS) is 14.2. The van der Waals surface area contributed by atoms with Crippen molar-refractivity contribution in [2.24, 2.45) is 0 Å². The minimum Gasteiger partial charge on any atom is -0.497 e. The maximum atomic E-state index is 12.9. The van der Waals surface area contributed by atoms with Crippen LogP contribution in [0.2, 0.25) is 0 Å². The molecule has 1 saturated heterocycles. The van der Waals surface area contributed by atoms with Crippen molar-refractivity contribution in [1.29, 1.82) is 0 Å². The third-order valence-corrected chi connectivity index (χ3v) is 6.13. The quantitative estimate of drug-likeness (QED) is 0.594. The fourth-order valence-electron chi connectivity index (χ4n) is 2.92. The first-order valence-corrected chi connectivity index (χ1v) is 10.9. The Bertz CT molecular complexity index is 959. The fraction of sp³-hybridized carbons (Fsp3) is 0.316. The molecule has 0 spiro atoms. The first-order chi connectivity index (χ1) is 13.9. The maximum absolute atomic E-state index is 12.9. The number of nitrogens with zero attached hydrogens (tertiary/aromatic N) is 1. The zero-order valence-electron chi connectivity index (χ0n) is 16.3. The monoisotopic (exact) mass is 436 g/mol. The van der Waals surface area contributed by atoms with Gasteiger partial charge in [-0.15, -0.1) is 0 Å². The van der Waals surface area contributed by atoms with Crippen molar-refractivity contribution in [3.8, 4) is 5.75 Å². The summed E-state index contributed by atoms with van der Waals surface area (Å²) in [6.45, 7) is 2.68. The van der Waals surface area contributed by atoms with Gasteiger partial charge in [0.15, 0.2) is 5.11 Å². The van der Waals surface area contributed by atoms with Crippen molar-refractivity contribution in [3.63, 3.8) is 0 Å². The summed E-state index contributed by atoms with van der Waals surface area (Å²) in [6, 6.07) is 11.6. The first-order valence-electron chi connectivity index (χ1n) is 9.05. The van der Waals surface area contributed by atoms with E-state index in [0.717, 1.165) is 18.8 Å².